The molecule has 0 saturated carbocycles. The Bertz CT molecular complexity index is 345. The standard InChI is InChI=1S/C12H15N2O.W/c1-10(15)11-2-4-12(5-3-11)14-8-6-13-7-9-14;/h2-5H,6-9H2,1H3;/q-1;+2. The van der Waals surface area contributed by atoms with Crippen LogP contribution in [-0.2, 0) is 21.1 Å². The topological polar surface area (TPSA) is 34.4 Å². The third kappa shape index (κ3) is 3.16. The first-order chi connectivity index (χ1) is 7.27. The van der Waals surface area contributed by atoms with E-state index < -0.39 is 0 Å². The maximum atomic E-state index is 11.1. The van der Waals surface area contributed by atoms with E-state index in [0.29, 0.717) is 0 Å². The van der Waals surface area contributed by atoms with Crippen LogP contribution in [0.15, 0.2) is 24.3 Å². The molecule has 1 heterocycles. The van der Waals surface area contributed by atoms with Crippen LogP contribution < -0.4 is 4.90 Å². The van der Waals surface area contributed by atoms with E-state index in [1.807, 2.05) is 24.3 Å². The first kappa shape index (κ1) is 13.4. The van der Waals surface area contributed by atoms with Crippen LogP contribution >= 0.6 is 0 Å². The maximum Gasteiger partial charge on any atom is 2.00 e. The normalized spacial score (nSPS) is 15.4. The van der Waals surface area contributed by atoms with Gasteiger partial charge in [0.15, 0.2) is 5.78 Å². The van der Waals surface area contributed by atoms with Crippen molar-refractivity contribution >= 4 is 11.5 Å². The molecule has 3 nitrogen and oxygen atoms in total. The molecule has 0 bridgehead atoms. The Labute approximate surface area is 110 Å². The second-order valence-corrected chi connectivity index (χ2v) is 3.76. The summed E-state index contributed by atoms with van der Waals surface area (Å²) in [6, 6.07) is 7.82. The minimum absolute atomic E-state index is 0. The fourth-order valence-electron chi connectivity index (χ4n) is 1.77. The van der Waals surface area contributed by atoms with Crippen LogP contribution in [0.5, 0.6) is 0 Å². The molecular formula is C12H15N2OW+. The Morgan fingerprint density at radius 1 is 1.19 bits per heavy atom. The third-order valence-electron chi connectivity index (χ3n) is 2.70. The molecule has 1 aliphatic rings. The van der Waals surface area contributed by atoms with E-state index >= 15 is 0 Å². The van der Waals surface area contributed by atoms with Crippen LogP contribution in [0.2, 0.25) is 0 Å². The van der Waals surface area contributed by atoms with Gasteiger partial charge >= 0.3 is 21.1 Å². The van der Waals surface area contributed by atoms with Gasteiger partial charge in [0.05, 0.1) is 0 Å². The molecule has 4 heteroatoms. The van der Waals surface area contributed by atoms with Gasteiger partial charge in [0.1, 0.15) is 0 Å². The van der Waals surface area contributed by atoms with Crippen molar-refractivity contribution in [2.75, 3.05) is 31.1 Å². The summed E-state index contributed by atoms with van der Waals surface area (Å²) < 4.78 is 0. The number of carbonyl (C=O) groups excluding carboxylic acids is 1. The first-order valence-electron chi connectivity index (χ1n) is 5.26. The number of piperazine rings is 1. The van der Waals surface area contributed by atoms with E-state index in [1.165, 1.54) is 5.69 Å². The van der Waals surface area contributed by atoms with Crippen molar-refractivity contribution < 1.29 is 25.9 Å². The van der Waals surface area contributed by atoms with Crippen molar-refractivity contribution in [2.45, 2.75) is 6.92 Å². The van der Waals surface area contributed by atoms with Gasteiger partial charge in [-0.15, -0.1) is 13.1 Å². The van der Waals surface area contributed by atoms with Crippen LogP contribution in [0.1, 0.15) is 17.3 Å². The monoisotopic (exact) mass is 387 g/mol. The van der Waals surface area contributed by atoms with Gasteiger partial charge in [0.25, 0.3) is 0 Å². The molecule has 1 aliphatic heterocycles. The zero-order valence-electron chi connectivity index (χ0n) is 9.35. The Kier molecular flexibility index (Phi) is 5.17. The summed E-state index contributed by atoms with van der Waals surface area (Å²) in [7, 11) is 0. The number of anilines is 1. The number of hydrogen-bond acceptors (Lipinski definition) is 2. The molecule has 84 valence electrons. The predicted molar refractivity (Wildman–Crippen MR) is 61.8 cm³/mol. The largest absolute Gasteiger partial charge is 2.00 e. The number of carbonyl (C=O) groups is 1. The summed E-state index contributed by atoms with van der Waals surface area (Å²) in [5, 5.41) is 4.30. The Hall–Kier alpha value is -0.662. The summed E-state index contributed by atoms with van der Waals surface area (Å²) >= 11 is 0. The molecule has 0 aliphatic carbocycles. The van der Waals surface area contributed by atoms with Gasteiger partial charge < -0.3 is 10.2 Å². The number of benzene rings is 1. The van der Waals surface area contributed by atoms with E-state index in [4.69, 9.17) is 0 Å². The molecule has 0 atom stereocenters. The Morgan fingerprint density at radius 2 is 1.75 bits per heavy atom. The number of Topliss-reactive ketones (excluding diaryl/α,β-unsaturated/α-hetero) is 1. The van der Waals surface area contributed by atoms with Gasteiger partial charge in [-0.25, -0.2) is 0 Å². The second-order valence-electron chi connectivity index (χ2n) is 3.76. The van der Waals surface area contributed by atoms with Gasteiger partial charge in [0, 0.05) is 11.3 Å². The minimum atomic E-state index is 0. The Balaban J connectivity index is 0.00000128. The number of ketones is 1. The van der Waals surface area contributed by atoms with Crippen molar-refractivity contribution in [1.29, 1.82) is 0 Å². The quantitative estimate of drug-likeness (QED) is 0.729. The molecule has 1 fully saturated rings. The molecule has 0 unspecified atom stereocenters. The number of hydrogen-bond donors (Lipinski definition) is 0. The summed E-state index contributed by atoms with van der Waals surface area (Å²) in [6.07, 6.45) is 0. The molecule has 16 heavy (non-hydrogen) atoms. The number of rotatable bonds is 2. The zero-order chi connectivity index (χ0) is 10.7. The van der Waals surface area contributed by atoms with Crippen molar-refractivity contribution in [3.63, 3.8) is 0 Å². The van der Waals surface area contributed by atoms with Gasteiger partial charge in [-0.05, 0) is 44.3 Å². The summed E-state index contributed by atoms with van der Waals surface area (Å²) in [4.78, 5) is 13.4. The average Bonchev–Trinajstić information content (AvgIpc) is 2.30. The fraction of sp³-hybridized carbons (Fsp3) is 0.417. The smallest absolute Gasteiger partial charge is 0.659 e. The number of nitrogens with zero attached hydrogens (tertiary/aromatic N) is 2. The molecule has 0 amide bonds. The van der Waals surface area contributed by atoms with Crippen molar-refractivity contribution in [1.82, 2.24) is 0 Å². The van der Waals surface area contributed by atoms with Gasteiger partial charge in [0.2, 0.25) is 0 Å². The molecule has 0 spiro atoms. The second kappa shape index (κ2) is 6.17. The summed E-state index contributed by atoms with van der Waals surface area (Å²) in [6.45, 7) is 5.39. The van der Waals surface area contributed by atoms with E-state index in [0.717, 1.165) is 31.7 Å². The van der Waals surface area contributed by atoms with E-state index in [-0.39, 0.29) is 26.8 Å². The molecule has 2 rings (SSSR count). The molecule has 1 aromatic rings. The first-order valence-corrected chi connectivity index (χ1v) is 5.26. The average molecular weight is 387 g/mol. The zero-order valence-corrected chi connectivity index (χ0v) is 12.3. The van der Waals surface area contributed by atoms with Crippen LogP contribution in [0.25, 0.3) is 5.32 Å². The SMILES string of the molecule is CC(=O)c1ccc(N2CC[N-]CC2)cc1.[W+2]. The van der Waals surface area contributed by atoms with E-state index in [9.17, 15) is 4.79 Å². The Morgan fingerprint density at radius 3 is 2.25 bits per heavy atom. The van der Waals surface area contributed by atoms with Crippen LogP contribution in [-0.4, -0.2) is 32.0 Å². The third-order valence-corrected chi connectivity index (χ3v) is 2.70. The van der Waals surface area contributed by atoms with Crippen molar-refractivity contribution in [2.24, 2.45) is 0 Å². The molecular weight excluding hydrogens is 372 g/mol. The summed E-state index contributed by atoms with van der Waals surface area (Å²) in [5.74, 6) is 0.121. The summed E-state index contributed by atoms with van der Waals surface area (Å²) in [5.41, 5.74) is 1.97. The molecule has 1 saturated heterocycles. The fourth-order valence-corrected chi connectivity index (χ4v) is 1.77. The van der Waals surface area contributed by atoms with Crippen LogP contribution in [0.3, 0.4) is 0 Å². The van der Waals surface area contributed by atoms with Crippen LogP contribution in [0, 0.1) is 0 Å². The van der Waals surface area contributed by atoms with E-state index in [1.54, 1.807) is 6.92 Å². The molecule has 1 aromatic carbocycles. The molecule has 0 radical (unpaired) electrons. The predicted octanol–water partition coefficient (Wildman–Crippen LogP) is 2.08. The van der Waals surface area contributed by atoms with Gasteiger partial charge in [-0.3, -0.25) is 4.79 Å². The minimum Gasteiger partial charge on any atom is -0.659 e. The van der Waals surface area contributed by atoms with E-state index in [2.05, 4.69) is 10.2 Å². The van der Waals surface area contributed by atoms with Gasteiger partial charge in [-0.2, -0.15) is 0 Å². The van der Waals surface area contributed by atoms with Crippen LogP contribution in [0.4, 0.5) is 5.69 Å². The molecule has 0 N–H and O–H groups in total. The van der Waals surface area contributed by atoms with Crippen molar-refractivity contribution in [3.05, 3.63) is 35.1 Å². The molecule has 0 aromatic heterocycles. The van der Waals surface area contributed by atoms with Crippen molar-refractivity contribution in [3.8, 4) is 0 Å². The van der Waals surface area contributed by atoms with Gasteiger partial charge in [-0.1, -0.05) is 0 Å². The maximum absolute atomic E-state index is 11.1.